The van der Waals surface area contributed by atoms with Crippen LogP contribution in [0.25, 0.3) is 164 Å². The Morgan fingerprint density at radius 1 is 0.276 bits per heavy atom. The highest BCUT2D eigenvalue weighted by Crippen LogP contribution is 2.39. The first-order chi connectivity index (χ1) is 47.6. The van der Waals surface area contributed by atoms with Crippen molar-refractivity contribution in [3.8, 4) is 55.9 Å². The lowest BCUT2D eigenvalue weighted by atomic mass is 9.90. The maximum atomic E-state index is 9.10. The molecule has 0 aliphatic heterocycles. The molecule has 0 aliphatic rings. The lowest BCUT2D eigenvalue weighted by Crippen LogP contribution is -2.44. The quantitative estimate of drug-likeness (QED) is 0.127. The summed E-state index contributed by atoms with van der Waals surface area (Å²) < 4.78 is 1.07. The molecule has 468 valence electrons. The van der Waals surface area contributed by atoms with Crippen LogP contribution in [0.2, 0.25) is 0 Å². The van der Waals surface area contributed by atoms with Crippen molar-refractivity contribution in [2.75, 3.05) is 0 Å². The third-order valence-corrected chi connectivity index (χ3v) is 19.4. The Labute approximate surface area is 578 Å². The van der Waals surface area contributed by atoms with Gasteiger partial charge < -0.3 is 10.2 Å². The van der Waals surface area contributed by atoms with E-state index in [0.29, 0.717) is 0 Å². The van der Waals surface area contributed by atoms with Gasteiger partial charge in [0.15, 0.2) is 0 Å². The molecule has 0 unspecified atom stereocenters. The molecule has 8 heteroatoms. The highest BCUT2D eigenvalue weighted by molar-refractivity contribution is 9.10. The first-order valence-electron chi connectivity index (χ1n) is 32.9. The summed E-state index contributed by atoms with van der Waals surface area (Å²) >= 11 is 3.46. The van der Waals surface area contributed by atoms with Gasteiger partial charge in [-0.1, -0.05) is 258 Å². The van der Waals surface area contributed by atoms with E-state index in [1.807, 2.05) is 48.8 Å². The van der Waals surface area contributed by atoms with Crippen LogP contribution < -0.4 is 5.46 Å². The van der Waals surface area contributed by atoms with Crippen molar-refractivity contribution in [1.29, 1.82) is 0 Å². The smallest absolute Gasteiger partial charge is 0.113 e. The summed E-state index contributed by atoms with van der Waals surface area (Å²) in [5.74, 6) is 0. The molecule has 18 rings (SSSR count). The largest absolute Gasteiger partial charge is 0.387 e. The fraction of sp³-hybridized carbons (Fsp3) is 0.0667. The van der Waals surface area contributed by atoms with E-state index in [-0.39, 0.29) is 0 Å². The fourth-order valence-corrected chi connectivity index (χ4v) is 13.1. The van der Waals surface area contributed by atoms with Crippen molar-refractivity contribution in [2.24, 2.45) is 0 Å². The van der Waals surface area contributed by atoms with Gasteiger partial charge in [0, 0.05) is 49.5 Å². The second-order valence-corrected chi connectivity index (χ2v) is 26.9. The molecule has 0 bridgehead atoms. The maximum absolute atomic E-state index is 9.10. The molecule has 14 aromatic carbocycles. The normalized spacial score (nSPS) is 11.7. The number of nitrogens with zero attached hydrogens (tertiary/aromatic N) is 4. The summed E-state index contributed by atoms with van der Waals surface area (Å²) in [6.45, 7) is 6.31. The maximum Gasteiger partial charge on any atom is 0.113 e. The molecule has 98 heavy (non-hydrogen) atoms. The molecule has 4 aromatic heterocycles. The Morgan fingerprint density at radius 2 is 0.602 bits per heavy atom. The Balaban J connectivity index is 0.000000122. The van der Waals surface area contributed by atoms with Gasteiger partial charge in [-0.25, -0.2) is 9.97 Å². The monoisotopic (exact) mass is 1320 g/mol. The van der Waals surface area contributed by atoms with Gasteiger partial charge in [-0.2, -0.15) is 0 Å². The van der Waals surface area contributed by atoms with Gasteiger partial charge in [0.1, 0.15) is 7.85 Å². The van der Waals surface area contributed by atoms with Gasteiger partial charge in [-0.3, -0.25) is 9.97 Å². The molecular formula is C90H66BBrN4O2. The van der Waals surface area contributed by atoms with Gasteiger partial charge in [0.2, 0.25) is 0 Å². The van der Waals surface area contributed by atoms with Crippen LogP contribution in [0.15, 0.2) is 320 Å². The fourth-order valence-electron chi connectivity index (χ4n) is 12.8. The number of pyridine rings is 4. The Hall–Kier alpha value is -11.3. The zero-order chi connectivity index (χ0) is 67.1. The summed E-state index contributed by atoms with van der Waals surface area (Å²) in [5, 5.41) is 37.8. The molecule has 0 saturated carbocycles. The first-order valence-corrected chi connectivity index (χ1v) is 33.7. The van der Waals surface area contributed by atoms with E-state index >= 15 is 0 Å². The van der Waals surface area contributed by atoms with Gasteiger partial charge in [0.05, 0.1) is 44.7 Å². The number of fused-ring (bicyclic) bond motifs is 14. The van der Waals surface area contributed by atoms with Gasteiger partial charge in [-0.15, -0.1) is 0 Å². The standard InChI is InChI=1S/C42H26N2.C24H15B.C18H11BrN2.C6H14O2/c1-2-8-36-34(6-1)26-39(38-10-4-3-9-37(36)38)35-20-19-32-24-31(17-18-33(32)25-35)27-11-13-28(14-12-27)40-22-21-30-16-15-29-7-5-23-43-41(29)42(30)44-40;25-20-12-11-16-13-19(10-9-17(16)14-20)24-15-18-5-1-2-6-21(18)22-7-3-4-8-23(22)24;19-15-8-5-12(6-9-15)16-10-7-14-4-3-13-2-1-11-20-17(13)18(14)21-16;1-5(2,7)6(3,4)8/h1-26H;1-15H;1-11H;7-8H,1-4H3. The van der Waals surface area contributed by atoms with Crippen molar-refractivity contribution in [3.05, 3.63) is 320 Å². The lowest BCUT2D eigenvalue weighted by Gasteiger charge is -2.31. The van der Waals surface area contributed by atoms with Crippen molar-refractivity contribution in [2.45, 2.75) is 38.9 Å². The van der Waals surface area contributed by atoms with Crippen molar-refractivity contribution in [3.63, 3.8) is 0 Å². The zero-order valence-corrected chi connectivity index (χ0v) is 56.2. The van der Waals surface area contributed by atoms with Crippen LogP contribution in [0.4, 0.5) is 0 Å². The molecule has 0 amide bonds. The molecule has 0 fully saturated rings. The van der Waals surface area contributed by atoms with Crippen LogP contribution >= 0.6 is 15.9 Å². The second kappa shape index (κ2) is 26.4. The molecule has 6 nitrogen and oxygen atoms in total. The minimum Gasteiger partial charge on any atom is -0.387 e. The van der Waals surface area contributed by atoms with E-state index in [1.54, 1.807) is 27.7 Å². The summed E-state index contributed by atoms with van der Waals surface area (Å²) in [4.78, 5) is 18.9. The van der Waals surface area contributed by atoms with Crippen molar-refractivity contribution < 1.29 is 10.2 Å². The third kappa shape index (κ3) is 12.8. The molecule has 18 aromatic rings. The lowest BCUT2D eigenvalue weighted by molar-refractivity contribution is -0.107. The number of rotatable bonds is 6. The number of hydrogen-bond donors (Lipinski definition) is 2. The number of benzene rings is 14. The summed E-state index contributed by atoms with van der Waals surface area (Å²) in [6.07, 6.45) is 3.65. The first kappa shape index (κ1) is 62.8. The van der Waals surface area contributed by atoms with Crippen molar-refractivity contribution in [1.82, 2.24) is 19.9 Å². The topological polar surface area (TPSA) is 92.0 Å². The zero-order valence-electron chi connectivity index (χ0n) is 54.7. The van der Waals surface area contributed by atoms with E-state index in [2.05, 4.69) is 293 Å². The summed E-state index contributed by atoms with van der Waals surface area (Å²) in [6, 6.07) is 107. The predicted octanol–water partition coefficient (Wildman–Crippen LogP) is 22.6. The Bertz CT molecular complexity index is 6050. The molecule has 0 aliphatic carbocycles. The van der Waals surface area contributed by atoms with Gasteiger partial charge in [-0.05, 0) is 192 Å². The van der Waals surface area contributed by atoms with Crippen LogP contribution in [0, 0.1) is 0 Å². The average Bonchev–Trinajstić information content (AvgIpc) is 0.612. The molecule has 0 saturated heterocycles. The molecule has 2 radical (unpaired) electrons. The van der Waals surface area contributed by atoms with Crippen LogP contribution in [-0.2, 0) is 0 Å². The molecule has 0 spiro atoms. The predicted molar refractivity (Wildman–Crippen MR) is 418 cm³/mol. The van der Waals surface area contributed by atoms with Crippen LogP contribution in [0.5, 0.6) is 0 Å². The van der Waals surface area contributed by atoms with E-state index < -0.39 is 11.2 Å². The Morgan fingerprint density at radius 3 is 1.06 bits per heavy atom. The summed E-state index contributed by atoms with van der Waals surface area (Å²) in [5.41, 5.74) is 14.1. The number of hydrogen-bond acceptors (Lipinski definition) is 6. The van der Waals surface area contributed by atoms with Crippen LogP contribution in [0.1, 0.15) is 27.7 Å². The molecule has 4 heterocycles. The van der Waals surface area contributed by atoms with E-state index in [9.17, 15) is 0 Å². The van der Waals surface area contributed by atoms with Gasteiger partial charge in [0.25, 0.3) is 0 Å². The summed E-state index contributed by atoms with van der Waals surface area (Å²) in [7, 11) is 5.91. The number of aliphatic hydroxyl groups is 2. The van der Waals surface area contributed by atoms with E-state index in [4.69, 9.17) is 28.0 Å². The third-order valence-electron chi connectivity index (χ3n) is 18.9. The van der Waals surface area contributed by atoms with E-state index in [1.165, 1.54) is 98.0 Å². The number of aromatic nitrogens is 4. The average molecular weight is 1330 g/mol. The second-order valence-electron chi connectivity index (χ2n) is 26.0. The molecule has 0 atom stereocenters. The number of halogens is 1. The SMILES string of the molecule is Brc1ccc(-c2ccc3ccc4cccnc4c3n2)cc1.CC(C)(O)C(C)(C)O.[B]c1ccc2cc(-c3cc4ccccc4c4ccccc34)ccc2c1.c1ccc2c(c1)cc(-c1ccc3cc(-c4ccc(-c5ccc6ccc7cccnc7c6n5)cc4)ccc3c1)c1ccccc12. The van der Waals surface area contributed by atoms with E-state index in [0.717, 1.165) is 76.1 Å². The van der Waals surface area contributed by atoms with Crippen LogP contribution in [0.3, 0.4) is 0 Å². The molecular weight excluding hydrogens is 1260 g/mol. The molecule has 2 N–H and O–H groups in total. The van der Waals surface area contributed by atoms with Crippen LogP contribution in [-0.4, -0.2) is 49.2 Å². The van der Waals surface area contributed by atoms with Crippen molar-refractivity contribution >= 4 is 137 Å². The van der Waals surface area contributed by atoms with Gasteiger partial charge >= 0.3 is 0 Å². The minimum atomic E-state index is -1.01. The highest BCUT2D eigenvalue weighted by atomic mass is 79.9. The highest BCUT2D eigenvalue weighted by Gasteiger charge is 2.32. The minimum absolute atomic E-state index is 0.802. The Kier molecular flexibility index (Phi) is 16.9.